The van der Waals surface area contributed by atoms with Crippen molar-refractivity contribution in [2.24, 2.45) is 0 Å². The monoisotopic (exact) mass is 177 g/mol. The summed E-state index contributed by atoms with van der Waals surface area (Å²) in [4.78, 5) is 18.6. The maximum Gasteiger partial charge on any atom is 0.304 e. The van der Waals surface area contributed by atoms with Gasteiger partial charge in [0.1, 0.15) is 0 Å². The minimum atomic E-state index is -0.216. The topological polar surface area (TPSA) is 68.0 Å². The van der Waals surface area contributed by atoms with E-state index in [1.807, 2.05) is 0 Å². The van der Waals surface area contributed by atoms with E-state index in [2.05, 4.69) is 15.3 Å². The summed E-state index contributed by atoms with van der Waals surface area (Å²) in [7, 11) is 0. The zero-order valence-corrected chi connectivity index (χ0v) is 6.94. The molecule has 0 radical (unpaired) electrons. The first-order valence-electron chi connectivity index (χ1n) is 3.75. The number of carbonyl (C=O) groups is 1. The van der Waals surface area contributed by atoms with Crippen molar-refractivity contribution in [3.8, 4) is 0 Å². The van der Waals surface area contributed by atoms with E-state index in [0.29, 0.717) is 11.2 Å². The lowest BCUT2D eigenvalue weighted by molar-refractivity contribution is -0.114. The molecule has 2 aromatic rings. The largest absolute Gasteiger partial charge is 0.421 e. The molecule has 1 N–H and O–H groups in total. The van der Waals surface area contributed by atoms with Gasteiger partial charge < -0.3 is 4.42 Å². The average molecular weight is 177 g/mol. The van der Waals surface area contributed by atoms with Crippen molar-refractivity contribution in [2.45, 2.75) is 6.92 Å². The predicted molar refractivity (Wildman–Crippen MR) is 46.1 cm³/mol. The molecular weight excluding hydrogens is 170 g/mol. The van der Waals surface area contributed by atoms with Gasteiger partial charge in [-0.15, -0.1) is 0 Å². The van der Waals surface area contributed by atoms with Gasteiger partial charge in [-0.1, -0.05) is 0 Å². The van der Waals surface area contributed by atoms with Crippen LogP contribution in [-0.2, 0) is 4.79 Å². The van der Waals surface area contributed by atoms with Crippen molar-refractivity contribution in [2.75, 3.05) is 5.32 Å². The molecule has 0 spiro atoms. The molecule has 0 aliphatic heterocycles. The fourth-order valence-electron chi connectivity index (χ4n) is 0.973. The Morgan fingerprint density at radius 3 is 3.15 bits per heavy atom. The van der Waals surface area contributed by atoms with E-state index in [0.717, 1.165) is 0 Å². The number of hydrogen-bond donors (Lipinski definition) is 1. The molecule has 0 fully saturated rings. The second-order valence-electron chi connectivity index (χ2n) is 2.53. The minimum absolute atomic E-state index is 0.182. The van der Waals surface area contributed by atoms with Crippen LogP contribution in [0, 0.1) is 0 Å². The third-order valence-corrected chi connectivity index (χ3v) is 1.45. The summed E-state index contributed by atoms with van der Waals surface area (Å²) in [5.74, 6) is -0.216. The van der Waals surface area contributed by atoms with Crippen molar-refractivity contribution in [3.05, 3.63) is 18.3 Å². The number of nitrogens with zero attached hydrogens (tertiary/aromatic N) is 2. The van der Waals surface area contributed by atoms with Gasteiger partial charge in [-0.3, -0.25) is 10.1 Å². The SMILES string of the molecule is CC(=O)Nc1nc2ncccc2o1. The molecule has 13 heavy (non-hydrogen) atoms. The van der Waals surface area contributed by atoms with Crippen LogP contribution >= 0.6 is 0 Å². The Morgan fingerprint density at radius 1 is 1.62 bits per heavy atom. The van der Waals surface area contributed by atoms with Gasteiger partial charge in [0.2, 0.25) is 11.6 Å². The van der Waals surface area contributed by atoms with E-state index < -0.39 is 0 Å². The standard InChI is InChI=1S/C8H7N3O2/c1-5(12)10-8-11-7-6(13-8)3-2-4-9-7/h2-4H,1H3,(H,9,10,11,12). The highest BCUT2D eigenvalue weighted by atomic mass is 16.4. The summed E-state index contributed by atoms with van der Waals surface area (Å²) in [5, 5.41) is 2.44. The first-order chi connectivity index (χ1) is 6.25. The quantitative estimate of drug-likeness (QED) is 0.710. The van der Waals surface area contributed by atoms with Gasteiger partial charge in [-0.05, 0) is 12.1 Å². The highest BCUT2D eigenvalue weighted by Crippen LogP contribution is 2.15. The van der Waals surface area contributed by atoms with Crippen molar-refractivity contribution in [1.29, 1.82) is 0 Å². The van der Waals surface area contributed by atoms with Gasteiger partial charge in [0, 0.05) is 13.1 Å². The number of aromatic nitrogens is 2. The summed E-state index contributed by atoms with van der Waals surface area (Å²) in [6.45, 7) is 1.39. The lowest BCUT2D eigenvalue weighted by Gasteiger charge is -1.90. The normalized spacial score (nSPS) is 10.2. The number of amides is 1. The van der Waals surface area contributed by atoms with E-state index in [4.69, 9.17) is 4.42 Å². The van der Waals surface area contributed by atoms with Gasteiger partial charge in [-0.25, -0.2) is 4.98 Å². The molecule has 0 bridgehead atoms. The van der Waals surface area contributed by atoms with E-state index in [1.165, 1.54) is 6.92 Å². The summed E-state index contributed by atoms with van der Waals surface area (Å²) < 4.78 is 5.17. The van der Waals surface area contributed by atoms with Crippen molar-refractivity contribution in [1.82, 2.24) is 9.97 Å². The highest BCUT2D eigenvalue weighted by Gasteiger charge is 2.05. The second kappa shape index (κ2) is 2.85. The van der Waals surface area contributed by atoms with Crippen LogP contribution in [0.15, 0.2) is 22.7 Å². The Labute approximate surface area is 73.8 Å². The number of nitrogens with one attached hydrogen (secondary N) is 1. The smallest absolute Gasteiger partial charge is 0.304 e. The van der Waals surface area contributed by atoms with E-state index in [1.54, 1.807) is 18.3 Å². The van der Waals surface area contributed by atoms with Crippen LogP contribution in [0.3, 0.4) is 0 Å². The Hall–Kier alpha value is -1.91. The van der Waals surface area contributed by atoms with E-state index in [9.17, 15) is 4.79 Å². The van der Waals surface area contributed by atoms with Gasteiger partial charge in [0.15, 0.2) is 5.58 Å². The summed E-state index contributed by atoms with van der Waals surface area (Å²) >= 11 is 0. The molecule has 2 rings (SSSR count). The van der Waals surface area contributed by atoms with Crippen LogP contribution in [0.5, 0.6) is 0 Å². The third kappa shape index (κ3) is 1.48. The van der Waals surface area contributed by atoms with Crippen molar-refractivity contribution in [3.63, 3.8) is 0 Å². The molecule has 0 saturated carbocycles. The third-order valence-electron chi connectivity index (χ3n) is 1.45. The molecule has 0 aliphatic carbocycles. The maximum absolute atomic E-state index is 10.7. The molecule has 0 aromatic carbocycles. The molecule has 0 unspecified atom stereocenters. The van der Waals surface area contributed by atoms with Crippen LogP contribution in [0.4, 0.5) is 6.01 Å². The number of rotatable bonds is 1. The lowest BCUT2D eigenvalue weighted by atomic mass is 10.5. The van der Waals surface area contributed by atoms with Crippen LogP contribution < -0.4 is 5.32 Å². The number of fused-ring (bicyclic) bond motifs is 1. The van der Waals surface area contributed by atoms with E-state index in [-0.39, 0.29) is 11.9 Å². The molecule has 5 nitrogen and oxygen atoms in total. The number of pyridine rings is 1. The van der Waals surface area contributed by atoms with Gasteiger partial charge in [0.05, 0.1) is 0 Å². The number of hydrogen-bond acceptors (Lipinski definition) is 4. The Kier molecular flexibility index (Phi) is 1.70. The van der Waals surface area contributed by atoms with Crippen molar-refractivity contribution >= 4 is 23.2 Å². The molecule has 5 heteroatoms. The van der Waals surface area contributed by atoms with Crippen LogP contribution in [0.2, 0.25) is 0 Å². The zero-order chi connectivity index (χ0) is 9.26. The van der Waals surface area contributed by atoms with Crippen LogP contribution in [0.25, 0.3) is 11.2 Å². The van der Waals surface area contributed by atoms with Gasteiger partial charge >= 0.3 is 6.01 Å². The summed E-state index contributed by atoms with van der Waals surface area (Å²) in [6.07, 6.45) is 1.61. The van der Waals surface area contributed by atoms with E-state index >= 15 is 0 Å². The van der Waals surface area contributed by atoms with Gasteiger partial charge in [-0.2, -0.15) is 4.98 Å². The Bertz CT molecular complexity index is 416. The number of carbonyl (C=O) groups excluding carboxylic acids is 1. The molecule has 0 atom stereocenters. The number of anilines is 1. The predicted octanol–water partition coefficient (Wildman–Crippen LogP) is 1.18. The first-order valence-corrected chi connectivity index (χ1v) is 3.75. The Balaban J connectivity index is 2.44. The lowest BCUT2D eigenvalue weighted by Crippen LogP contribution is -2.05. The molecule has 2 aromatic heterocycles. The van der Waals surface area contributed by atoms with Crippen LogP contribution in [0.1, 0.15) is 6.92 Å². The second-order valence-corrected chi connectivity index (χ2v) is 2.53. The Morgan fingerprint density at radius 2 is 2.46 bits per heavy atom. The molecular formula is C8H7N3O2. The number of oxazole rings is 1. The molecule has 1 amide bonds. The molecule has 0 saturated heterocycles. The summed E-state index contributed by atoms with van der Waals surface area (Å²) in [5.41, 5.74) is 1.05. The highest BCUT2D eigenvalue weighted by molar-refractivity contribution is 5.87. The van der Waals surface area contributed by atoms with Crippen molar-refractivity contribution < 1.29 is 9.21 Å². The maximum atomic E-state index is 10.7. The average Bonchev–Trinajstić information content (AvgIpc) is 2.44. The van der Waals surface area contributed by atoms with Gasteiger partial charge in [0.25, 0.3) is 0 Å². The minimum Gasteiger partial charge on any atom is -0.421 e. The fraction of sp³-hybridized carbons (Fsp3) is 0.125. The molecule has 2 heterocycles. The molecule has 0 aliphatic rings. The first kappa shape index (κ1) is 7.72. The summed E-state index contributed by atoms with van der Waals surface area (Å²) in [6, 6.07) is 3.66. The fourth-order valence-corrected chi connectivity index (χ4v) is 0.973. The van der Waals surface area contributed by atoms with Crippen LogP contribution in [-0.4, -0.2) is 15.9 Å². The molecule has 66 valence electrons. The zero-order valence-electron chi connectivity index (χ0n) is 6.94.